The van der Waals surface area contributed by atoms with Gasteiger partial charge in [-0.1, -0.05) is 24.3 Å². The van der Waals surface area contributed by atoms with Crippen molar-refractivity contribution in [1.82, 2.24) is 18.6 Å². The number of benzene rings is 1. The number of carboxylic acid groups (broad SMARTS) is 1. The lowest BCUT2D eigenvalue weighted by Gasteiger charge is -2.31. The monoisotopic (exact) mass is 444 g/mol. The van der Waals surface area contributed by atoms with Crippen LogP contribution in [0.15, 0.2) is 53.5 Å². The number of nitrogens with zero attached hydrogens (tertiary/aromatic N) is 3. The molecule has 0 aliphatic carbocycles. The molecule has 10 heteroatoms. The maximum Gasteiger partial charge on any atom is 0.422 e. The first kappa shape index (κ1) is 22.4. The molecule has 0 atom stereocenters. The molecule has 0 saturated carbocycles. The van der Waals surface area contributed by atoms with Gasteiger partial charge in [0.15, 0.2) is 0 Å². The zero-order valence-electron chi connectivity index (χ0n) is 17.7. The number of rotatable bonds is 5. The lowest BCUT2D eigenvalue weighted by atomic mass is 10.0. The van der Waals surface area contributed by atoms with Crippen molar-refractivity contribution in [3.8, 4) is 11.1 Å². The van der Waals surface area contributed by atoms with Crippen molar-refractivity contribution < 1.29 is 18.3 Å². The zero-order chi connectivity index (χ0) is 23.0. The SMILES string of the molecule is Cn1c(=O)ccc2c(-c3ccc(CNS(=O)(=O)N(C(=O)O)C(C)(C)C)cc3)ccnc21. The van der Waals surface area contributed by atoms with Crippen LogP contribution in [0.3, 0.4) is 0 Å². The van der Waals surface area contributed by atoms with E-state index in [4.69, 9.17) is 0 Å². The Morgan fingerprint density at radius 3 is 2.35 bits per heavy atom. The highest BCUT2D eigenvalue weighted by Crippen LogP contribution is 2.27. The van der Waals surface area contributed by atoms with Gasteiger partial charge in [0.05, 0.1) is 5.54 Å². The number of hydrogen-bond acceptors (Lipinski definition) is 5. The van der Waals surface area contributed by atoms with Crippen LogP contribution in [0.25, 0.3) is 22.2 Å². The van der Waals surface area contributed by atoms with E-state index in [9.17, 15) is 23.1 Å². The number of hydrogen-bond donors (Lipinski definition) is 2. The minimum atomic E-state index is -4.23. The molecule has 0 bridgehead atoms. The van der Waals surface area contributed by atoms with E-state index in [2.05, 4.69) is 9.71 Å². The van der Waals surface area contributed by atoms with Gasteiger partial charge in [-0.05, 0) is 49.6 Å². The molecule has 9 nitrogen and oxygen atoms in total. The van der Waals surface area contributed by atoms with Crippen LogP contribution in [0.2, 0.25) is 0 Å². The van der Waals surface area contributed by atoms with Gasteiger partial charge in [-0.25, -0.2) is 9.78 Å². The van der Waals surface area contributed by atoms with E-state index < -0.39 is 21.8 Å². The van der Waals surface area contributed by atoms with Gasteiger partial charge >= 0.3 is 16.3 Å². The topological polar surface area (TPSA) is 122 Å². The molecular formula is C21H24N4O5S. The molecule has 1 amide bonds. The average molecular weight is 445 g/mol. The normalized spacial score (nSPS) is 12.1. The number of pyridine rings is 2. The second-order valence-corrected chi connectivity index (χ2v) is 9.67. The smallest absolute Gasteiger partial charge is 0.422 e. The van der Waals surface area contributed by atoms with Crippen LogP contribution in [-0.2, 0) is 23.8 Å². The molecule has 0 spiro atoms. The van der Waals surface area contributed by atoms with Crippen molar-refractivity contribution in [3.63, 3.8) is 0 Å². The molecule has 0 saturated heterocycles. The molecule has 2 heterocycles. The van der Waals surface area contributed by atoms with E-state index in [0.29, 0.717) is 15.5 Å². The predicted molar refractivity (Wildman–Crippen MR) is 118 cm³/mol. The van der Waals surface area contributed by atoms with Crippen molar-refractivity contribution in [1.29, 1.82) is 0 Å². The number of amides is 1. The predicted octanol–water partition coefficient (Wildman–Crippen LogP) is 2.71. The largest absolute Gasteiger partial charge is 0.464 e. The fourth-order valence-corrected chi connectivity index (χ4v) is 4.71. The summed E-state index contributed by atoms with van der Waals surface area (Å²) in [5.74, 6) is 0. The van der Waals surface area contributed by atoms with E-state index in [1.54, 1.807) is 31.4 Å². The highest BCUT2D eigenvalue weighted by molar-refractivity contribution is 7.87. The summed E-state index contributed by atoms with van der Waals surface area (Å²) in [6.45, 7) is 4.45. The molecule has 0 unspecified atom stereocenters. The van der Waals surface area contributed by atoms with E-state index in [-0.39, 0.29) is 12.1 Å². The zero-order valence-corrected chi connectivity index (χ0v) is 18.5. The van der Waals surface area contributed by atoms with E-state index in [1.807, 2.05) is 18.2 Å². The number of aromatic nitrogens is 2. The van der Waals surface area contributed by atoms with Crippen molar-refractivity contribution in [2.45, 2.75) is 32.9 Å². The molecule has 164 valence electrons. The third-order valence-electron chi connectivity index (χ3n) is 4.76. The van der Waals surface area contributed by atoms with Crippen LogP contribution in [0.5, 0.6) is 0 Å². The van der Waals surface area contributed by atoms with Crippen LogP contribution in [0, 0.1) is 0 Å². The fourth-order valence-electron chi connectivity index (χ4n) is 3.31. The van der Waals surface area contributed by atoms with Crippen LogP contribution < -0.4 is 10.3 Å². The number of carbonyl (C=O) groups is 1. The summed E-state index contributed by atoms with van der Waals surface area (Å²) in [5, 5.41) is 10.1. The minimum Gasteiger partial charge on any atom is -0.464 e. The molecule has 0 radical (unpaired) electrons. The first-order valence-corrected chi connectivity index (χ1v) is 10.9. The number of aryl methyl sites for hydroxylation is 1. The Labute approximate surface area is 180 Å². The Morgan fingerprint density at radius 2 is 1.77 bits per heavy atom. The van der Waals surface area contributed by atoms with E-state index in [1.165, 1.54) is 31.4 Å². The van der Waals surface area contributed by atoms with Crippen LogP contribution in [0.1, 0.15) is 26.3 Å². The Morgan fingerprint density at radius 1 is 1.13 bits per heavy atom. The first-order valence-electron chi connectivity index (χ1n) is 9.49. The molecule has 0 fully saturated rings. The number of nitrogens with one attached hydrogen (secondary N) is 1. The van der Waals surface area contributed by atoms with Crippen LogP contribution in [-0.4, -0.2) is 39.0 Å². The Bertz CT molecular complexity index is 1290. The number of fused-ring (bicyclic) bond motifs is 1. The summed E-state index contributed by atoms with van der Waals surface area (Å²) in [6, 6.07) is 12.3. The van der Waals surface area contributed by atoms with Gasteiger partial charge < -0.3 is 5.11 Å². The third kappa shape index (κ3) is 4.59. The van der Waals surface area contributed by atoms with Crippen LogP contribution >= 0.6 is 0 Å². The minimum absolute atomic E-state index is 0.0614. The highest BCUT2D eigenvalue weighted by Gasteiger charge is 2.36. The van der Waals surface area contributed by atoms with E-state index >= 15 is 0 Å². The maximum absolute atomic E-state index is 12.5. The first-order chi connectivity index (χ1) is 14.4. The van der Waals surface area contributed by atoms with Gasteiger partial charge in [0.1, 0.15) is 5.65 Å². The summed E-state index contributed by atoms with van der Waals surface area (Å²) < 4.78 is 29.2. The quantitative estimate of drug-likeness (QED) is 0.624. The van der Waals surface area contributed by atoms with Gasteiger partial charge in [-0.2, -0.15) is 17.4 Å². The summed E-state index contributed by atoms with van der Waals surface area (Å²) >= 11 is 0. The summed E-state index contributed by atoms with van der Waals surface area (Å²) in [7, 11) is -2.57. The summed E-state index contributed by atoms with van der Waals surface area (Å²) in [5.41, 5.74) is 1.72. The second-order valence-electron chi connectivity index (χ2n) is 8.07. The average Bonchev–Trinajstić information content (AvgIpc) is 2.67. The molecule has 31 heavy (non-hydrogen) atoms. The Kier molecular flexibility index (Phi) is 5.88. The van der Waals surface area contributed by atoms with E-state index in [0.717, 1.165) is 16.5 Å². The van der Waals surface area contributed by atoms with Gasteiger partial charge in [0, 0.05) is 31.2 Å². The Balaban J connectivity index is 1.85. The van der Waals surface area contributed by atoms with Gasteiger partial charge in [-0.15, -0.1) is 0 Å². The summed E-state index contributed by atoms with van der Waals surface area (Å²) in [4.78, 5) is 27.6. The van der Waals surface area contributed by atoms with Crippen molar-refractivity contribution in [2.75, 3.05) is 0 Å². The van der Waals surface area contributed by atoms with Gasteiger partial charge in [-0.3, -0.25) is 9.36 Å². The third-order valence-corrected chi connectivity index (χ3v) is 6.45. The molecule has 2 aromatic heterocycles. The van der Waals surface area contributed by atoms with Crippen LogP contribution in [0.4, 0.5) is 4.79 Å². The standard InChI is InChI=1S/C21H24N4O5S/c1-21(2,3)25(20(27)28)31(29,30)23-13-14-5-7-15(8-6-14)16-11-12-22-19-17(16)9-10-18(26)24(19)4/h5-12,23H,13H2,1-4H3,(H,27,28). The van der Waals surface area contributed by atoms with Crippen molar-refractivity contribution >= 4 is 27.3 Å². The second kappa shape index (κ2) is 8.12. The fraction of sp³-hybridized carbons (Fsp3) is 0.286. The molecule has 2 N–H and O–H groups in total. The lowest BCUT2D eigenvalue weighted by molar-refractivity contribution is 0.145. The van der Waals surface area contributed by atoms with Crippen molar-refractivity contribution in [2.24, 2.45) is 7.05 Å². The highest BCUT2D eigenvalue weighted by atomic mass is 32.2. The lowest BCUT2D eigenvalue weighted by Crippen LogP contribution is -2.53. The maximum atomic E-state index is 12.5. The Hall–Kier alpha value is -3.24. The van der Waals surface area contributed by atoms with Gasteiger partial charge in [0.2, 0.25) is 0 Å². The molecule has 3 aromatic rings. The summed E-state index contributed by atoms with van der Waals surface area (Å²) in [6.07, 6.45) is 0.0842. The molecule has 0 aliphatic heterocycles. The molecule has 1 aromatic carbocycles. The van der Waals surface area contributed by atoms with Gasteiger partial charge in [0.25, 0.3) is 5.56 Å². The molecular weight excluding hydrogens is 420 g/mol. The molecule has 0 aliphatic rings. The molecule has 3 rings (SSSR count). The van der Waals surface area contributed by atoms with Crippen molar-refractivity contribution in [3.05, 3.63) is 64.6 Å².